The Balaban J connectivity index is 2.23. The lowest BCUT2D eigenvalue weighted by Crippen LogP contribution is -2.45. The second kappa shape index (κ2) is 5.66. The highest BCUT2D eigenvalue weighted by Gasteiger charge is 2.37. The van der Waals surface area contributed by atoms with E-state index in [9.17, 15) is 12.8 Å². The van der Waals surface area contributed by atoms with Crippen molar-refractivity contribution in [2.75, 3.05) is 12.8 Å². The van der Waals surface area contributed by atoms with Crippen LogP contribution in [-0.2, 0) is 10.0 Å². The number of hydrogen-bond donors (Lipinski definition) is 1. The van der Waals surface area contributed by atoms with Crippen LogP contribution in [-0.4, -0.2) is 26.0 Å². The maximum absolute atomic E-state index is 13.3. The van der Waals surface area contributed by atoms with Crippen LogP contribution in [0.3, 0.4) is 0 Å². The molecule has 0 bridgehead atoms. The minimum absolute atomic E-state index is 0.0366. The van der Waals surface area contributed by atoms with E-state index in [2.05, 4.69) is 4.72 Å². The lowest BCUT2D eigenvalue weighted by Gasteiger charge is -2.40. The SMILES string of the molecule is CSC1(CNS(=O)(=O)c2c(C)cc(F)cc2C)CCC1. The summed E-state index contributed by atoms with van der Waals surface area (Å²) in [5.74, 6) is -0.404. The Bertz CT molecular complexity index is 581. The summed E-state index contributed by atoms with van der Waals surface area (Å²) in [6, 6.07) is 2.52. The standard InChI is InChI=1S/C14H20FNO2S2/c1-10-7-12(15)8-11(2)13(10)20(17,18)16-9-14(19-3)5-4-6-14/h7-8,16H,4-6,9H2,1-3H3. The zero-order valence-corrected chi connectivity index (χ0v) is 13.6. The molecule has 0 radical (unpaired) electrons. The van der Waals surface area contributed by atoms with E-state index in [-0.39, 0.29) is 9.64 Å². The molecule has 1 aromatic carbocycles. The fourth-order valence-corrected chi connectivity index (χ4v) is 5.23. The van der Waals surface area contributed by atoms with E-state index in [0.717, 1.165) is 19.3 Å². The van der Waals surface area contributed by atoms with Crippen molar-refractivity contribution in [3.63, 3.8) is 0 Å². The molecule has 0 unspecified atom stereocenters. The number of sulfonamides is 1. The summed E-state index contributed by atoms with van der Waals surface area (Å²) >= 11 is 1.72. The zero-order valence-electron chi connectivity index (χ0n) is 12.0. The molecule has 112 valence electrons. The molecule has 1 fully saturated rings. The molecule has 1 aromatic rings. The molecule has 20 heavy (non-hydrogen) atoms. The number of halogens is 1. The maximum atomic E-state index is 13.3. The molecular weight excluding hydrogens is 297 g/mol. The topological polar surface area (TPSA) is 46.2 Å². The number of benzene rings is 1. The fraction of sp³-hybridized carbons (Fsp3) is 0.571. The van der Waals surface area contributed by atoms with E-state index >= 15 is 0 Å². The highest BCUT2D eigenvalue weighted by atomic mass is 32.2. The molecule has 0 aromatic heterocycles. The van der Waals surface area contributed by atoms with Crippen molar-refractivity contribution in [3.05, 3.63) is 29.1 Å². The van der Waals surface area contributed by atoms with Gasteiger partial charge in [0.1, 0.15) is 5.82 Å². The van der Waals surface area contributed by atoms with Gasteiger partial charge in [0.25, 0.3) is 0 Å². The Kier molecular flexibility index (Phi) is 4.47. The van der Waals surface area contributed by atoms with Gasteiger partial charge in [0.15, 0.2) is 0 Å². The Hall–Kier alpha value is -0.590. The largest absolute Gasteiger partial charge is 0.241 e. The van der Waals surface area contributed by atoms with Crippen LogP contribution in [0.2, 0.25) is 0 Å². The lowest BCUT2D eigenvalue weighted by molar-refractivity contribution is 0.361. The normalized spacial score (nSPS) is 17.8. The molecule has 2 rings (SSSR count). The average Bonchev–Trinajstić information content (AvgIpc) is 2.25. The summed E-state index contributed by atoms with van der Waals surface area (Å²) in [6.07, 6.45) is 5.25. The Morgan fingerprint density at radius 2 is 1.85 bits per heavy atom. The molecule has 0 saturated heterocycles. The molecule has 0 atom stereocenters. The molecule has 1 N–H and O–H groups in total. The Morgan fingerprint density at radius 3 is 2.25 bits per heavy atom. The second-order valence-electron chi connectivity index (χ2n) is 5.43. The third-order valence-corrected chi connectivity index (χ3v) is 7.10. The predicted octanol–water partition coefficient (Wildman–Crippen LogP) is 3.01. The molecule has 0 aliphatic heterocycles. The summed E-state index contributed by atoms with van der Waals surface area (Å²) in [5, 5.41) is 0. The molecule has 1 aliphatic carbocycles. The first-order chi connectivity index (χ1) is 9.30. The molecule has 6 heteroatoms. The van der Waals surface area contributed by atoms with Gasteiger partial charge in [-0.1, -0.05) is 6.42 Å². The van der Waals surface area contributed by atoms with Crippen LogP contribution in [0.4, 0.5) is 4.39 Å². The summed E-state index contributed by atoms with van der Waals surface area (Å²) in [4.78, 5) is 0.203. The number of rotatable bonds is 5. The van der Waals surface area contributed by atoms with Crippen molar-refractivity contribution in [1.29, 1.82) is 0 Å². The first-order valence-corrected chi connectivity index (χ1v) is 9.32. The Morgan fingerprint density at radius 1 is 1.30 bits per heavy atom. The van der Waals surface area contributed by atoms with Crippen LogP contribution in [0.1, 0.15) is 30.4 Å². The Labute approximate surface area is 124 Å². The van der Waals surface area contributed by atoms with Gasteiger partial charge in [0.2, 0.25) is 10.0 Å². The zero-order chi connectivity index (χ0) is 15.0. The van der Waals surface area contributed by atoms with Crippen LogP contribution >= 0.6 is 11.8 Å². The van der Waals surface area contributed by atoms with E-state index in [1.165, 1.54) is 12.1 Å². The molecule has 0 heterocycles. The average molecular weight is 317 g/mol. The minimum atomic E-state index is -3.59. The molecule has 0 amide bonds. The number of nitrogens with one attached hydrogen (secondary N) is 1. The van der Waals surface area contributed by atoms with Gasteiger partial charge < -0.3 is 0 Å². The summed E-state index contributed by atoms with van der Waals surface area (Å²) < 4.78 is 40.9. The van der Waals surface area contributed by atoms with Gasteiger partial charge in [-0.25, -0.2) is 17.5 Å². The number of hydrogen-bond acceptors (Lipinski definition) is 3. The minimum Gasteiger partial charge on any atom is -0.210 e. The highest BCUT2D eigenvalue weighted by Crippen LogP contribution is 2.42. The van der Waals surface area contributed by atoms with E-state index < -0.39 is 15.8 Å². The van der Waals surface area contributed by atoms with Crippen LogP contribution in [0.15, 0.2) is 17.0 Å². The van der Waals surface area contributed by atoms with Crippen molar-refractivity contribution >= 4 is 21.8 Å². The van der Waals surface area contributed by atoms with Crippen LogP contribution in [0, 0.1) is 19.7 Å². The van der Waals surface area contributed by atoms with Gasteiger partial charge in [-0.2, -0.15) is 11.8 Å². The first-order valence-electron chi connectivity index (χ1n) is 6.61. The molecule has 3 nitrogen and oxygen atoms in total. The van der Waals surface area contributed by atoms with Crippen LogP contribution in [0.25, 0.3) is 0 Å². The van der Waals surface area contributed by atoms with Gasteiger partial charge in [0.05, 0.1) is 4.90 Å². The van der Waals surface area contributed by atoms with Gasteiger partial charge >= 0.3 is 0 Å². The van der Waals surface area contributed by atoms with Crippen molar-refractivity contribution in [1.82, 2.24) is 4.72 Å². The van der Waals surface area contributed by atoms with Crippen molar-refractivity contribution in [3.8, 4) is 0 Å². The monoisotopic (exact) mass is 317 g/mol. The lowest BCUT2D eigenvalue weighted by atomic mass is 9.84. The maximum Gasteiger partial charge on any atom is 0.241 e. The van der Waals surface area contributed by atoms with Crippen molar-refractivity contribution in [2.24, 2.45) is 0 Å². The van der Waals surface area contributed by atoms with E-state index in [1.807, 2.05) is 6.26 Å². The molecule has 1 saturated carbocycles. The predicted molar refractivity (Wildman–Crippen MR) is 81.2 cm³/mol. The van der Waals surface area contributed by atoms with E-state index in [1.54, 1.807) is 25.6 Å². The molecular formula is C14H20FNO2S2. The van der Waals surface area contributed by atoms with Crippen LogP contribution in [0.5, 0.6) is 0 Å². The van der Waals surface area contributed by atoms with Gasteiger partial charge in [-0.3, -0.25) is 0 Å². The molecule has 1 aliphatic rings. The summed E-state index contributed by atoms with van der Waals surface area (Å²) in [5.41, 5.74) is 0.892. The van der Waals surface area contributed by atoms with Crippen molar-refractivity contribution < 1.29 is 12.8 Å². The van der Waals surface area contributed by atoms with Gasteiger partial charge in [-0.05, 0) is 56.2 Å². The fourth-order valence-electron chi connectivity index (χ4n) is 2.64. The highest BCUT2D eigenvalue weighted by molar-refractivity contribution is 8.00. The van der Waals surface area contributed by atoms with E-state index in [0.29, 0.717) is 17.7 Å². The summed E-state index contributed by atoms with van der Waals surface area (Å²) in [7, 11) is -3.59. The smallest absolute Gasteiger partial charge is 0.210 e. The van der Waals surface area contributed by atoms with Gasteiger partial charge in [0, 0.05) is 11.3 Å². The first kappa shape index (κ1) is 15.8. The number of aryl methyl sites for hydroxylation is 2. The number of thioether (sulfide) groups is 1. The second-order valence-corrected chi connectivity index (χ2v) is 8.41. The van der Waals surface area contributed by atoms with Gasteiger partial charge in [-0.15, -0.1) is 0 Å². The quantitative estimate of drug-likeness (QED) is 0.908. The molecule has 0 spiro atoms. The van der Waals surface area contributed by atoms with E-state index in [4.69, 9.17) is 0 Å². The van der Waals surface area contributed by atoms with Crippen molar-refractivity contribution in [2.45, 2.75) is 42.8 Å². The third-order valence-electron chi connectivity index (χ3n) is 3.98. The third kappa shape index (κ3) is 3.02. The summed E-state index contributed by atoms with van der Waals surface area (Å²) in [6.45, 7) is 3.68. The van der Waals surface area contributed by atoms with Crippen LogP contribution < -0.4 is 4.72 Å².